The van der Waals surface area contributed by atoms with Crippen molar-refractivity contribution in [1.29, 1.82) is 0 Å². The SMILES string of the molecule is CC(=O)NCC(=O)N1CCCCCC1CC(O)c1ccco1. The highest BCUT2D eigenvalue weighted by molar-refractivity contribution is 5.83. The van der Waals surface area contributed by atoms with Crippen LogP contribution in [0.1, 0.15) is 50.9 Å². The van der Waals surface area contributed by atoms with Gasteiger partial charge in [-0.2, -0.15) is 0 Å². The lowest BCUT2D eigenvalue weighted by Gasteiger charge is -2.31. The van der Waals surface area contributed by atoms with Crippen molar-refractivity contribution in [1.82, 2.24) is 10.2 Å². The number of hydrogen-bond donors (Lipinski definition) is 2. The van der Waals surface area contributed by atoms with E-state index in [1.54, 1.807) is 17.0 Å². The lowest BCUT2D eigenvalue weighted by Crippen LogP contribution is -2.45. The summed E-state index contributed by atoms with van der Waals surface area (Å²) in [6, 6.07) is 3.46. The number of hydrogen-bond acceptors (Lipinski definition) is 4. The van der Waals surface area contributed by atoms with Crippen LogP contribution in [0.2, 0.25) is 0 Å². The average molecular weight is 308 g/mol. The van der Waals surface area contributed by atoms with Gasteiger partial charge in [-0.25, -0.2) is 0 Å². The zero-order chi connectivity index (χ0) is 15.9. The fourth-order valence-corrected chi connectivity index (χ4v) is 2.91. The second-order valence-corrected chi connectivity index (χ2v) is 5.77. The molecule has 2 heterocycles. The summed E-state index contributed by atoms with van der Waals surface area (Å²) in [5.74, 6) is 0.225. The van der Waals surface area contributed by atoms with Crippen LogP contribution in [-0.2, 0) is 9.59 Å². The summed E-state index contributed by atoms with van der Waals surface area (Å²) in [6.07, 6.45) is 5.22. The molecule has 6 nitrogen and oxygen atoms in total. The van der Waals surface area contributed by atoms with E-state index in [2.05, 4.69) is 5.32 Å². The summed E-state index contributed by atoms with van der Waals surface area (Å²) in [7, 11) is 0. The molecule has 1 aromatic rings. The lowest BCUT2D eigenvalue weighted by molar-refractivity contribution is -0.135. The Hall–Kier alpha value is -1.82. The first-order valence-electron chi connectivity index (χ1n) is 7.83. The summed E-state index contributed by atoms with van der Waals surface area (Å²) >= 11 is 0. The molecule has 2 rings (SSSR count). The Balaban J connectivity index is 2.00. The van der Waals surface area contributed by atoms with Gasteiger partial charge in [-0.15, -0.1) is 0 Å². The highest BCUT2D eigenvalue weighted by Crippen LogP contribution is 2.26. The van der Waals surface area contributed by atoms with Gasteiger partial charge in [-0.1, -0.05) is 12.8 Å². The Morgan fingerprint density at radius 3 is 2.95 bits per heavy atom. The molecule has 0 bridgehead atoms. The average Bonchev–Trinajstić information content (AvgIpc) is 2.93. The third-order valence-corrected chi connectivity index (χ3v) is 4.05. The Morgan fingerprint density at radius 1 is 1.45 bits per heavy atom. The quantitative estimate of drug-likeness (QED) is 0.865. The van der Waals surface area contributed by atoms with Gasteiger partial charge in [0.25, 0.3) is 0 Å². The number of aliphatic hydroxyl groups excluding tert-OH is 1. The number of furan rings is 1. The van der Waals surface area contributed by atoms with E-state index in [-0.39, 0.29) is 24.4 Å². The standard InChI is InChI=1S/C16H24N2O4/c1-12(19)17-11-16(21)18-8-4-2-3-6-13(18)10-14(20)15-7-5-9-22-15/h5,7,9,13-14,20H,2-4,6,8,10-11H2,1H3,(H,17,19). The lowest BCUT2D eigenvalue weighted by atomic mass is 10.0. The van der Waals surface area contributed by atoms with Crippen LogP contribution in [-0.4, -0.2) is 41.0 Å². The topological polar surface area (TPSA) is 82.8 Å². The van der Waals surface area contributed by atoms with Crippen molar-refractivity contribution in [2.45, 2.75) is 51.2 Å². The third-order valence-electron chi connectivity index (χ3n) is 4.05. The first-order chi connectivity index (χ1) is 10.6. The number of amides is 2. The number of rotatable bonds is 5. The molecule has 1 aliphatic rings. The summed E-state index contributed by atoms with van der Waals surface area (Å²) < 4.78 is 5.23. The van der Waals surface area contributed by atoms with Crippen LogP contribution in [0.5, 0.6) is 0 Å². The number of nitrogens with zero attached hydrogens (tertiary/aromatic N) is 1. The molecule has 1 saturated heterocycles. The minimum absolute atomic E-state index is 0.0165. The van der Waals surface area contributed by atoms with Gasteiger partial charge in [-0.05, 0) is 25.0 Å². The van der Waals surface area contributed by atoms with Crippen molar-refractivity contribution >= 4 is 11.8 Å². The van der Waals surface area contributed by atoms with Gasteiger partial charge in [0, 0.05) is 25.9 Å². The summed E-state index contributed by atoms with van der Waals surface area (Å²) in [6.45, 7) is 2.09. The first-order valence-corrected chi connectivity index (χ1v) is 7.83. The smallest absolute Gasteiger partial charge is 0.242 e. The Labute approximate surface area is 130 Å². The van der Waals surface area contributed by atoms with Crippen molar-refractivity contribution < 1.29 is 19.1 Å². The van der Waals surface area contributed by atoms with E-state index in [1.165, 1.54) is 13.2 Å². The maximum Gasteiger partial charge on any atom is 0.242 e. The predicted octanol–water partition coefficient (Wildman–Crippen LogP) is 1.61. The summed E-state index contributed by atoms with van der Waals surface area (Å²) in [4.78, 5) is 25.1. The van der Waals surface area contributed by atoms with E-state index >= 15 is 0 Å². The molecule has 0 saturated carbocycles. The largest absolute Gasteiger partial charge is 0.467 e. The van der Waals surface area contributed by atoms with Crippen LogP contribution in [0, 0.1) is 0 Å². The van der Waals surface area contributed by atoms with Gasteiger partial charge >= 0.3 is 0 Å². The molecule has 0 spiro atoms. The normalized spacial score (nSPS) is 20.3. The van der Waals surface area contributed by atoms with Gasteiger partial charge in [-0.3, -0.25) is 9.59 Å². The number of nitrogens with one attached hydrogen (secondary N) is 1. The Kier molecular flexibility index (Phi) is 6.00. The molecule has 2 atom stereocenters. The molecule has 0 radical (unpaired) electrons. The minimum atomic E-state index is -0.714. The van der Waals surface area contributed by atoms with Crippen molar-refractivity contribution in [2.75, 3.05) is 13.1 Å². The zero-order valence-corrected chi connectivity index (χ0v) is 13.0. The highest BCUT2D eigenvalue weighted by Gasteiger charge is 2.28. The van der Waals surface area contributed by atoms with Gasteiger partial charge in [0.1, 0.15) is 11.9 Å². The molecule has 1 fully saturated rings. The van der Waals surface area contributed by atoms with E-state index in [9.17, 15) is 14.7 Å². The first kappa shape index (κ1) is 16.5. The molecule has 1 aromatic heterocycles. The summed E-state index contributed by atoms with van der Waals surface area (Å²) in [5.41, 5.74) is 0. The number of aliphatic hydroxyl groups is 1. The highest BCUT2D eigenvalue weighted by atomic mass is 16.4. The number of carbonyl (C=O) groups excluding carboxylic acids is 2. The second-order valence-electron chi connectivity index (χ2n) is 5.77. The van der Waals surface area contributed by atoms with Crippen LogP contribution in [0.4, 0.5) is 0 Å². The monoisotopic (exact) mass is 308 g/mol. The van der Waals surface area contributed by atoms with E-state index in [0.29, 0.717) is 18.7 Å². The molecular formula is C16H24N2O4. The second kappa shape index (κ2) is 7.98. The molecule has 0 aliphatic carbocycles. The fraction of sp³-hybridized carbons (Fsp3) is 0.625. The van der Waals surface area contributed by atoms with Crippen LogP contribution in [0.25, 0.3) is 0 Å². The van der Waals surface area contributed by atoms with Crippen molar-refractivity contribution in [3.05, 3.63) is 24.2 Å². The molecule has 1 aliphatic heterocycles. The van der Waals surface area contributed by atoms with E-state index in [0.717, 1.165) is 25.7 Å². The third kappa shape index (κ3) is 4.59. The number of carbonyl (C=O) groups is 2. The fourth-order valence-electron chi connectivity index (χ4n) is 2.91. The number of likely N-dealkylation sites (tertiary alicyclic amines) is 1. The molecule has 2 amide bonds. The van der Waals surface area contributed by atoms with Crippen molar-refractivity contribution in [2.24, 2.45) is 0 Å². The van der Waals surface area contributed by atoms with Gasteiger partial charge in [0.05, 0.1) is 12.8 Å². The van der Waals surface area contributed by atoms with Crippen molar-refractivity contribution in [3.63, 3.8) is 0 Å². The van der Waals surface area contributed by atoms with E-state index in [4.69, 9.17) is 4.42 Å². The molecule has 0 aromatic carbocycles. The molecule has 6 heteroatoms. The van der Waals surface area contributed by atoms with Gasteiger partial charge in [0.2, 0.25) is 11.8 Å². The van der Waals surface area contributed by atoms with Gasteiger partial charge in [0.15, 0.2) is 0 Å². The maximum atomic E-state index is 12.3. The van der Waals surface area contributed by atoms with E-state index < -0.39 is 6.10 Å². The van der Waals surface area contributed by atoms with Crippen LogP contribution >= 0.6 is 0 Å². The van der Waals surface area contributed by atoms with Crippen LogP contribution in [0.15, 0.2) is 22.8 Å². The molecule has 2 N–H and O–H groups in total. The maximum absolute atomic E-state index is 12.3. The van der Waals surface area contributed by atoms with Crippen LogP contribution < -0.4 is 5.32 Å². The molecular weight excluding hydrogens is 284 g/mol. The zero-order valence-electron chi connectivity index (χ0n) is 13.0. The predicted molar refractivity (Wildman–Crippen MR) is 80.9 cm³/mol. The molecule has 122 valence electrons. The Morgan fingerprint density at radius 2 is 2.27 bits per heavy atom. The summed E-state index contributed by atoms with van der Waals surface area (Å²) in [5, 5.41) is 12.8. The van der Waals surface area contributed by atoms with E-state index in [1.807, 2.05) is 0 Å². The minimum Gasteiger partial charge on any atom is -0.467 e. The van der Waals surface area contributed by atoms with Gasteiger partial charge < -0.3 is 19.7 Å². The Bertz CT molecular complexity index is 486. The van der Waals surface area contributed by atoms with Crippen molar-refractivity contribution in [3.8, 4) is 0 Å². The molecule has 2 unspecified atom stereocenters. The van der Waals surface area contributed by atoms with Crippen LogP contribution in [0.3, 0.4) is 0 Å². The molecule has 22 heavy (non-hydrogen) atoms.